The second-order valence-electron chi connectivity index (χ2n) is 8.53. The molecule has 0 aliphatic carbocycles. The minimum Gasteiger partial charge on any atom is -0.344 e. The number of hydrogen-bond donors (Lipinski definition) is 3. The molecule has 8 heteroatoms. The average molecular weight is 446 g/mol. The van der Waals surface area contributed by atoms with Crippen molar-refractivity contribution in [2.75, 3.05) is 0 Å². The molecule has 0 heterocycles. The van der Waals surface area contributed by atoms with Crippen LogP contribution in [0.25, 0.3) is 0 Å². The fraction of sp³-hybridized carbons (Fsp3) is 0.542. The molecule has 0 radical (unpaired) electrons. The van der Waals surface area contributed by atoms with Gasteiger partial charge in [0.1, 0.15) is 12.3 Å². The molecule has 3 amide bonds. The van der Waals surface area contributed by atoms with E-state index in [1.54, 1.807) is 6.92 Å². The van der Waals surface area contributed by atoms with E-state index >= 15 is 0 Å². The summed E-state index contributed by atoms with van der Waals surface area (Å²) < 4.78 is 0. The first-order valence-corrected chi connectivity index (χ1v) is 11.0. The molecule has 0 saturated carbocycles. The first-order valence-electron chi connectivity index (χ1n) is 11.0. The Balaban J connectivity index is 2.75. The highest BCUT2D eigenvalue weighted by atomic mass is 16.2. The number of ketones is 1. The van der Waals surface area contributed by atoms with Crippen LogP contribution in [0.2, 0.25) is 0 Å². The van der Waals surface area contributed by atoms with Crippen molar-refractivity contribution in [1.82, 2.24) is 16.0 Å². The monoisotopic (exact) mass is 445 g/mol. The van der Waals surface area contributed by atoms with E-state index in [0.717, 1.165) is 5.56 Å². The third kappa shape index (κ3) is 8.99. The van der Waals surface area contributed by atoms with Crippen molar-refractivity contribution < 1.29 is 24.0 Å². The van der Waals surface area contributed by atoms with Crippen molar-refractivity contribution in [2.24, 2.45) is 11.8 Å². The number of benzene rings is 1. The number of carbonyl (C=O) groups excluding carboxylic acids is 5. The fourth-order valence-electron chi connectivity index (χ4n) is 3.09. The Morgan fingerprint density at radius 2 is 1.56 bits per heavy atom. The summed E-state index contributed by atoms with van der Waals surface area (Å²) in [7, 11) is 0. The summed E-state index contributed by atoms with van der Waals surface area (Å²) in [6.45, 7) is 8.90. The molecule has 0 bridgehead atoms. The third-order valence-corrected chi connectivity index (χ3v) is 5.24. The molecule has 3 unspecified atom stereocenters. The molecule has 3 N–H and O–H groups in total. The van der Waals surface area contributed by atoms with E-state index in [4.69, 9.17) is 0 Å². The molecule has 1 aromatic rings. The van der Waals surface area contributed by atoms with Crippen LogP contribution in [0.15, 0.2) is 30.3 Å². The zero-order chi connectivity index (χ0) is 24.3. The van der Waals surface area contributed by atoms with Crippen LogP contribution in [-0.4, -0.2) is 47.9 Å². The Kier molecular flexibility index (Phi) is 11.3. The van der Waals surface area contributed by atoms with E-state index in [0.29, 0.717) is 19.1 Å². The summed E-state index contributed by atoms with van der Waals surface area (Å²) in [4.78, 5) is 61.1. The van der Waals surface area contributed by atoms with Gasteiger partial charge in [0.05, 0.1) is 18.5 Å². The zero-order valence-electron chi connectivity index (χ0n) is 19.5. The van der Waals surface area contributed by atoms with Gasteiger partial charge in [0.25, 0.3) is 5.91 Å². The lowest BCUT2D eigenvalue weighted by Gasteiger charge is -2.23. The lowest BCUT2D eigenvalue weighted by Crippen LogP contribution is -2.54. The number of nitrogens with one attached hydrogen (secondary N) is 3. The Morgan fingerprint density at radius 1 is 0.938 bits per heavy atom. The molecule has 0 aromatic heterocycles. The number of rotatable bonds is 13. The van der Waals surface area contributed by atoms with Gasteiger partial charge in [-0.25, -0.2) is 0 Å². The van der Waals surface area contributed by atoms with Gasteiger partial charge in [-0.3, -0.25) is 19.2 Å². The Hall–Kier alpha value is -3.03. The van der Waals surface area contributed by atoms with Gasteiger partial charge in [-0.05, 0) is 30.7 Å². The third-order valence-electron chi connectivity index (χ3n) is 5.24. The van der Waals surface area contributed by atoms with Crippen LogP contribution in [0, 0.1) is 11.8 Å². The van der Waals surface area contributed by atoms with Crippen molar-refractivity contribution in [3.05, 3.63) is 35.9 Å². The summed E-state index contributed by atoms with van der Waals surface area (Å²) in [6, 6.07) is 6.44. The van der Waals surface area contributed by atoms with Gasteiger partial charge >= 0.3 is 0 Å². The highest BCUT2D eigenvalue weighted by Crippen LogP contribution is 2.08. The summed E-state index contributed by atoms with van der Waals surface area (Å²) in [5, 5.41) is 7.66. The minimum atomic E-state index is -1.10. The first-order chi connectivity index (χ1) is 15.1. The van der Waals surface area contributed by atoms with E-state index in [1.165, 1.54) is 6.92 Å². The van der Waals surface area contributed by atoms with Gasteiger partial charge in [0.2, 0.25) is 17.6 Å². The SMILES string of the molecule is CCC(C)C(C=O)NC(=O)C(=O)C(C)NC(=O)[C@H](CC(C)C)NC(=O)Cc1ccccc1. The van der Waals surface area contributed by atoms with Crippen LogP contribution in [0.5, 0.6) is 0 Å². The second-order valence-corrected chi connectivity index (χ2v) is 8.53. The summed E-state index contributed by atoms with van der Waals surface area (Å²) in [5.74, 6) is -2.64. The maximum Gasteiger partial charge on any atom is 0.290 e. The lowest BCUT2D eigenvalue weighted by molar-refractivity contribution is -0.141. The van der Waals surface area contributed by atoms with Gasteiger partial charge < -0.3 is 20.7 Å². The molecule has 0 aliphatic rings. The molecule has 0 aliphatic heterocycles. The van der Waals surface area contributed by atoms with Crippen LogP contribution in [0.4, 0.5) is 0 Å². The summed E-state index contributed by atoms with van der Waals surface area (Å²) in [6.07, 6.45) is 1.76. The van der Waals surface area contributed by atoms with E-state index in [9.17, 15) is 24.0 Å². The predicted molar refractivity (Wildman–Crippen MR) is 122 cm³/mol. The van der Waals surface area contributed by atoms with Gasteiger partial charge in [-0.2, -0.15) is 0 Å². The largest absolute Gasteiger partial charge is 0.344 e. The van der Waals surface area contributed by atoms with Crippen molar-refractivity contribution in [3.8, 4) is 0 Å². The summed E-state index contributed by atoms with van der Waals surface area (Å²) in [5.41, 5.74) is 0.819. The van der Waals surface area contributed by atoms with Crippen molar-refractivity contribution in [3.63, 3.8) is 0 Å². The molecular weight excluding hydrogens is 410 g/mol. The minimum absolute atomic E-state index is 0.112. The lowest BCUT2D eigenvalue weighted by atomic mass is 10.00. The number of Topliss-reactive ketones (excluding diaryl/α,β-unsaturated/α-hetero) is 1. The molecule has 1 rings (SSSR count). The number of amides is 3. The normalized spacial score (nSPS) is 14.6. The highest BCUT2D eigenvalue weighted by Gasteiger charge is 2.29. The Bertz CT molecular complexity index is 794. The molecule has 176 valence electrons. The number of aldehydes is 1. The van der Waals surface area contributed by atoms with E-state index < -0.39 is 35.7 Å². The van der Waals surface area contributed by atoms with Gasteiger partial charge in [-0.1, -0.05) is 64.4 Å². The van der Waals surface area contributed by atoms with Gasteiger partial charge in [0.15, 0.2) is 0 Å². The van der Waals surface area contributed by atoms with Crippen LogP contribution in [-0.2, 0) is 30.4 Å². The van der Waals surface area contributed by atoms with Crippen LogP contribution in [0.3, 0.4) is 0 Å². The average Bonchev–Trinajstić information content (AvgIpc) is 2.75. The maximum atomic E-state index is 12.8. The topological polar surface area (TPSA) is 121 Å². The number of carbonyl (C=O) groups is 5. The smallest absolute Gasteiger partial charge is 0.290 e. The second kappa shape index (κ2) is 13.4. The highest BCUT2D eigenvalue weighted by molar-refractivity contribution is 6.38. The molecule has 32 heavy (non-hydrogen) atoms. The van der Waals surface area contributed by atoms with E-state index in [1.807, 2.05) is 51.1 Å². The van der Waals surface area contributed by atoms with E-state index in [-0.39, 0.29) is 24.2 Å². The van der Waals surface area contributed by atoms with Crippen molar-refractivity contribution >= 4 is 29.8 Å². The fourth-order valence-corrected chi connectivity index (χ4v) is 3.09. The number of hydrogen-bond acceptors (Lipinski definition) is 5. The van der Waals surface area contributed by atoms with Crippen LogP contribution >= 0.6 is 0 Å². The van der Waals surface area contributed by atoms with Crippen molar-refractivity contribution in [1.29, 1.82) is 0 Å². The van der Waals surface area contributed by atoms with Crippen molar-refractivity contribution in [2.45, 2.75) is 72.0 Å². The zero-order valence-corrected chi connectivity index (χ0v) is 19.5. The van der Waals surface area contributed by atoms with Crippen LogP contribution in [0.1, 0.15) is 53.0 Å². The molecule has 0 spiro atoms. The molecule has 8 nitrogen and oxygen atoms in total. The molecule has 0 saturated heterocycles. The molecule has 0 fully saturated rings. The summed E-state index contributed by atoms with van der Waals surface area (Å²) >= 11 is 0. The predicted octanol–water partition coefficient (Wildman–Crippen LogP) is 1.56. The standard InChI is InChI=1S/C24H35N3O5/c1-6-16(4)20(14-28)27-24(32)22(30)17(5)25-23(31)19(12-15(2)3)26-21(29)13-18-10-8-7-9-11-18/h7-11,14-17,19-20H,6,12-13H2,1-5H3,(H,25,31)(H,26,29)(H,27,32)/t16?,17?,19-,20?/m0/s1. The molecule has 4 atom stereocenters. The quantitative estimate of drug-likeness (QED) is 0.314. The van der Waals surface area contributed by atoms with E-state index in [2.05, 4.69) is 16.0 Å². The first kappa shape index (κ1) is 27.0. The van der Waals surface area contributed by atoms with Gasteiger partial charge in [0, 0.05) is 0 Å². The van der Waals surface area contributed by atoms with Crippen LogP contribution < -0.4 is 16.0 Å². The molecule has 1 aromatic carbocycles. The molecular formula is C24H35N3O5. The Labute approximate surface area is 189 Å². The maximum absolute atomic E-state index is 12.8. The Morgan fingerprint density at radius 3 is 2.09 bits per heavy atom. The van der Waals surface area contributed by atoms with Gasteiger partial charge in [-0.15, -0.1) is 0 Å².